The highest BCUT2D eigenvalue weighted by molar-refractivity contribution is 9.08. The van der Waals surface area contributed by atoms with E-state index in [1.54, 1.807) is 29.9 Å². The van der Waals surface area contributed by atoms with Gasteiger partial charge in [-0.2, -0.15) is 5.10 Å². The summed E-state index contributed by atoms with van der Waals surface area (Å²) < 4.78 is 20.7. The lowest BCUT2D eigenvalue weighted by molar-refractivity contribution is 0.401. The standard InChI is InChI=1S/C12H12BrFN2O/c1-8-9(7-13)12(16(2)15-8)17-11-6-4-3-5-10(11)14/h3-6H,7H2,1-2H3. The minimum Gasteiger partial charge on any atom is -0.436 e. The lowest BCUT2D eigenvalue weighted by Crippen LogP contribution is -1.97. The molecule has 0 unspecified atom stereocenters. The Morgan fingerprint density at radius 1 is 1.41 bits per heavy atom. The van der Waals surface area contributed by atoms with Gasteiger partial charge in [-0.15, -0.1) is 0 Å². The Labute approximate surface area is 107 Å². The van der Waals surface area contributed by atoms with E-state index < -0.39 is 0 Å². The fourth-order valence-electron chi connectivity index (χ4n) is 1.59. The number of alkyl halides is 1. The molecule has 0 atom stereocenters. The molecule has 0 N–H and O–H groups in total. The van der Waals surface area contributed by atoms with E-state index in [1.165, 1.54) is 6.07 Å². The number of hydrogen-bond acceptors (Lipinski definition) is 2. The molecule has 0 bridgehead atoms. The summed E-state index contributed by atoms with van der Waals surface area (Å²) in [5, 5.41) is 4.87. The summed E-state index contributed by atoms with van der Waals surface area (Å²) in [7, 11) is 1.77. The van der Waals surface area contributed by atoms with Crippen LogP contribution in [0.25, 0.3) is 0 Å². The maximum atomic E-state index is 13.5. The molecule has 0 aliphatic rings. The molecule has 2 aromatic rings. The molecule has 0 saturated heterocycles. The molecular weight excluding hydrogens is 287 g/mol. The molecule has 0 radical (unpaired) electrons. The number of para-hydroxylation sites is 1. The van der Waals surface area contributed by atoms with Gasteiger partial charge in [0.25, 0.3) is 0 Å². The van der Waals surface area contributed by atoms with E-state index >= 15 is 0 Å². The monoisotopic (exact) mass is 298 g/mol. The number of aromatic nitrogens is 2. The van der Waals surface area contributed by atoms with Gasteiger partial charge in [0.05, 0.1) is 5.69 Å². The van der Waals surface area contributed by atoms with Gasteiger partial charge in [0, 0.05) is 17.9 Å². The van der Waals surface area contributed by atoms with Gasteiger partial charge in [-0.3, -0.25) is 0 Å². The van der Waals surface area contributed by atoms with Gasteiger partial charge in [-0.1, -0.05) is 28.1 Å². The number of halogens is 2. The van der Waals surface area contributed by atoms with Crippen LogP contribution >= 0.6 is 15.9 Å². The normalized spacial score (nSPS) is 10.6. The minimum absolute atomic E-state index is 0.206. The average Bonchev–Trinajstić information content (AvgIpc) is 2.56. The molecule has 5 heteroatoms. The van der Waals surface area contributed by atoms with Crippen molar-refractivity contribution in [3.05, 3.63) is 41.3 Å². The van der Waals surface area contributed by atoms with Gasteiger partial charge in [0.2, 0.25) is 5.88 Å². The van der Waals surface area contributed by atoms with E-state index in [0.29, 0.717) is 11.2 Å². The van der Waals surface area contributed by atoms with Crippen molar-refractivity contribution in [1.82, 2.24) is 9.78 Å². The van der Waals surface area contributed by atoms with E-state index in [2.05, 4.69) is 21.0 Å². The lowest BCUT2D eigenvalue weighted by atomic mass is 10.3. The first-order chi connectivity index (χ1) is 8.13. The topological polar surface area (TPSA) is 27.1 Å². The fraction of sp³-hybridized carbons (Fsp3) is 0.250. The highest BCUT2D eigenvalue weighted by Gasteiger charge is 2.15. The van der Waals surface area contributed by atoms with Crippen molar-refractivity contribution in [2.75, 3.05) is 0 Å². The number of benzene rings is 1. The number of nitrogens with zero attached hydrogens (tertiary/aromatic N) is 2. The second-order valence-electron chi connectivity index (χ2n) is 3.66. The molecule has 17 heavy (non-hydrogen) atoms. The van der Waals surface area contributed by atoms with Crippen LogP contribution in [-0.4, -0.2) is 9.78 Å². The molecule has 0 aliphatic carbocycles. The first-order valence-corrected chi connectivity index (χ1v) is 6.26. The molecule has 0 spiro atoms. The Kier molecular flexibility index (Phi) is 3.47. The van der Waals surface area contributed by atoms with Gasteiger partial charge < -0.3 is 4.74 Å². The SMILES string of the molecule is Cc1nn(C)c(Oc2ccccc2F)c1CBr. The van der Waals surface area contributed by atoms with Crippen LogP contribution in [-0.2, 0) is 12.4 Å². The summed E-state index contributed by atoms with van der Waals surface area (Å²) in [6.07, 6.45) is 0. The van der Waals surface area contributed by atoms with Crippen molar-refractivity contribution < 1.29 is 9.13 Å². The van der Waals surface area contributed by atoms with Crippen LogP contribution in [0, 0.1) is 12.7 Å². The highest BCUT2D eigenvalue weighted by Crippen LogP contribution is 2.29. The first-order valence-electron chi connectivity index (χ1n) is 5.14. The van der Waals surface area contributed by atoms with Crippen molar-refractivity contribution in [2.45, 2.75) is 12.3 Å². The fourth-order valence-corrected chi connectivity index (χ4v) is 2.24. The lowest BCUT2D eigenvalue weighted by Gasteiger charge is -2.08. The third kappa shape index (κ3) is 2.34. The largest absolute Gasteiger partial charge is 0.436 e. The summed E-state index contributed by atoms with van der Waals surface area (Å²) in [5.41, 5.74) is 1.80. The van der Waals surface area contributed by atoms with Crippen molar-refractivity contribution in [3.63, 3.8) is 0 Å². The number of hydrogen-bond donors (Lipinski definition) is 0. The molecule has 0 amide bonds. The Hall–Kier alpha value is -1.36. The third-order valence-electron chi connectivity index (χ3n) is 2.47. The number of ether oxygens (including phenoxy) is 1. The first kappa shape index (κ1) is 12.1. The Balaban J connectivity index is 2.40. The zero-order valence-electron chi connectivity index (χ0n) is 9.58. The minimum atomic E-state index is -0.383. The van der Waals surface area contributed by atoms with E-state index in [-0.39, 0.29) is 11.6 Å². The van der Waals surface area contributed by atoms with Crippen molar-refractivity contribution >= 4 is 15.9 Å². The maximum absolute atomic E-state index is 13.5. The van der Waals surface area contributed by atoms with Gasteiger partial charge in [-0.25, -0.2) is 9.07 Å². The zero-order valence-corrected chi connectivity index (χ0v) is 11.2. The summed E-state index contributed by atoms with van der Waals surface area (Å²) in [6.45, 7) is 1.89. The number of aryl methyl sites for hydroxylation is 2. The summed E-state index contributed by atoms with van der Waals surface area (Å²) in [4.78, 5) is 0. The van der Waals surface area contributed by atoms with Gasteiger partial charge >= 0.3 is 0 Å². The summed E-state index contributed by atoms with van der Waals surface area (Å²) in [5.74, 6) is 0.383. The van der Waals surface area contributed by atoms with Gasteiger partial charge in [0.1, 0.15) is 0 Å². The highest BCUT2D eigenvalue weighted by atomic mass is 79.9. The molecule has 0 saturated carbocycles. The van der Waals surface area contributed by atoms with Crippen molar-refractivity contribution in [3.8, 4) is 11.6 Å². The molecule has 1 heterocycles. The molecule has 3 nitrogen and oxygen atoms in total. The second-order valence-corrected chi connectivity index (χ2v) is 4.22. The maximum Gasteiger partial charge on any atom is 0.222 e. The Bertz CT molecular complexity index is 539. The molecule has 0 fully saturated rings. The molecule has 1 aromatic heterocycles. The Morgan fingerprint density at radius 2 is 2.12 bits per heavy atom. The Morgan fingerprint density at radius 3 is 2.76 bits per heavy atom. The third-order valence-corrected chi connectivity index (χ3v) is 3.03. The van der Waals surface area contributed by atoms with E-state index in [9.17, 15) is 4.39 Å². The van der Waals surface area contributed by atoms with Crippen LogP contribution in [0.1, 0.15) is 11.3 Å². The van der Waals surface area contributed by atoms with Crippen molar-refractivity contribution in [1.29, 1.82) is 0 Å². The predicted molar refractivity (Wildman–Crippen MR) is 67.1 cm³/mol. The summed E-state index contributed by atoms with van der Waals surface area (Å²) in [6, 6.07) is 6.32. The molecular formula is C12H12BrFN2O. The van der Waals surface area contributed by atoms with Gasteiger partial charge in [0.15, 0.2) is 11.6 Å². The smallest absolute Gasteiger partial charge is 0.222 e. The van der Waals surface area contributed by atoms with Gasteiger partial charge in [-0.05, 0) is 19.1 Å². The van der Waals surface area contributed by atoms with E-state index in [0.717, 1.165) is 11.3 Å². The molecule has 90 valence electrons. The van der Waals surface area contributed by atoms with Crippen LogP contribution in [0.4, 0.5) is 4.39 Å². The second kappa shape index (κ2) is 4.87. The van der Waals surface area contributed by atoms with Crippen LogP contribution in [0.2, 0.25) is 0 Å². The van der Waals surface area contributed by atoms with Crippen LogP contribution in [0.15, 0.2) is 24.3 Å². The van der Waals surface area contributed by atoms with Crippen LogP contribution in [0.5, 0.6) is 11.6 Å². The number of rotatable bonds is 3. The summed E-state index contributed by atoms with van der Waals surface area (Å²) >= 11 is 3.38. The molecule has 1 aromatic carbocycles. The quantitative estimate of drug-likeness (QED) is 0.810. The van der Waals surface area contributed by atoms with E-state index in [4.69, 9.17) is 4.74 Å². The van der Waals surface area contributed by atoms with E-state index in [1.807, 2.05) is 6.92 Å². The van der Waals surface area contributed by atoms with Crippen LogP contribution in [0.3, 0.4) is 0 Å². The van der Waals surface area contributed by atoms with Crippen LogP contribution < -0.4 is 4.74 Å². The molecule has 0 aliphatic heterocycles. The average molecular weight is 299 g/mol. The zero-order chi connectivity index (χ0) is 12.4. The predicted octanol–water partition coefficient (Wildman–Crippen LogP) is 3.55. The van der Waals surface area contributed by atoms with Crippen molar-refractivity contribution in [2.24, 2.45) is 7.05 Å². The molecule has 2 rings (SSSR count).